The van der Waals surface area contributed by atoms with Gasteiger partial charge >= 0.3 is 0 Å². The third-order valence-electron chi connectivity index (χ3n) is 4.29. The number of nitrogens with one attached hydrogen (secondary N) is 1. The molecule has 0 atom stereocenters. The summed E-state index contributed by atoms with van der Waals surface area (Å²) in [6.07, 6.45) is 3.51. The molecule has 1 aliphatic heterocycles. The molecular weight excluding hydrogens is 364 g/mol. The van der Waals surface area contributed by atoms with Crippen molar-refractivity contribution in [3.63, 3.8) is 0 Å². The zero-order valence-electron chi connectivity index (χ0n) is 14.4. The Hall–Kier alpha value is -2.77. The van der Waals surface area contributed by atoms with Crippen LogP contribution in [0.2, 0.25) is 0 Å². The molecule has 4 nitrogen and oxygen atoms in total. The molecule has 0 saturated carbocycles. The van der Waals surface area contributed by atoms with Gasteiger partial charge in [0.1, 0.15) is 0 Å². The normalized spacial score (nSPS) is 14.1. The van der Waals surface area contributed by atoms with Crippen LogP contribution < -0.4 is 15.0 Å². The maximum Gasteiger partial charge on any atom is 0.262 e. The first-order valence-electron chi connectivity index (χ1n) is 8.56. The lowest BCUT2D eigenvalue weighted by molar-refractivity contribution is -0.118. The van der Waals surface area contributed by atoms with Gasteiger partial charge in [-0.2, -0.15) is 8.78 Å². The van der Waals surface area contributed by atoms with Gasteiger partial charge in [0.05, 0.1) is 0 Å². The molecule has 0 radical (unpaired) electrons. The van der Waals surface area contributed by atoms with Gasteiger partial charge < -0.3 is 15.0 Å². The quantitative estimate of drug-likeness (QED) is 0.621. The number of hydrogen-bond donors (Lipinski definition) is 1. The van der Waals surface area contributed by atoms with Crippen molar-refractivity contribution >= 4 is 17.3 Å². The molecule has 1 N–H and O–H groups in total. The summed E-state index contributed by atoms with van der Waals surface area (Å²) < 4.78 is 57.9. The van der Waals surface area contributed by atoms with Crippen LogP contribution >= 0.6 is 0 Å². The molecule has 2 aromatic rings. The highest BCUT2D eigenvalue weighted by atomic mass is 19.2. The molecule has 1 fully saturated rings. The summed E-state index contributed by atoms with van der Waals surface area (Å²) in [6.45, 7) is 1.17. The molecule has 0 spiro atoms. The monoisotopic (exact) mass is 382 g/mol. The molecule has 0 bridgehead atoms. The van der Waals surface area contributed by atoms with Crippen LogP contribution in [0.15, 0.2) is 30.3 Å². The van der Waals surface area contributed by atoms with E-state index in [-0.39, 0.29) is 6.07 Å². The first-order valence-corrected chi connectivity index (χ1v) is 8.56. The highest BCUT2D eigenvalue weighted by molar-refractivity contribution is 5.92. The van der Waals surface area contributed by atoms with E-state index in [0.717, 1.165) is 31.6 Å². The molecule has 1 heterocycles. The van der Waals surface area contributed by atoms with Crippen LogP contribution in [0, 0.1) is 23.3 Å². The second kappa shape index (κ2) is 8.28. The molecule has 1 saturated heterocycles. The van der Waals surface area contributed by atoms with Gasteiger partial charge in [-0.25, -0.2) is 8.78 Å². The van der Waals surface area contributed by atoms with E-state index in [1.54, 1.807) is 12.1 Å². The molecule has 2 aromatic carbocycles. The minimum atomic E-state index is -1.69. The van der Waals surface area contributed by atoms with Crippen LogP contribution in [0.1, 0.15) is 19.3 Å². The van der Waals surface area contributed by atoms with Crippen molar-refractivity contribution in [2.75, 3.05) is 29.9 Å². The minimum absolute atomic E-state index is 0.0709. The van der Waals surface area contributed by atoms with Crippen LogP contribution in [0.25, 0.3) is 0 Å². The van der Waals surface area contributed by atoms with Gasteiger partial charge in [0.25, 0.3) is 5.91 Å². The Morgan fingerprint density at radius 3 is 2.15 bits per heavy atom. The number of amides is 1. The number of halogens is 4. The van der Waals surface area contributed by atoms with Gasteiger partial charge in [-0.3, -0.25) is 4.79 Å². The summed E-state index contributed by atoms with van der Waals surface area (Å²) in [5.41, 5.74) is 1.51. The zero-order chi connectivity index (χ0) is 19.4. The Kier molecular flexibility index (Phi) is 5.83. The molecule has 3 rings (SSSR count). The van der Waals surface area contributed by atoms with Crippen LogP contribution in [0.3, 0.4) is 0 Å². The SMILES string of the molecule is O=C(COc1c(F)c(F)cc(F)c1F)Nc1ccc(N2CCCCC2)cc1. The maximum atomic E-state index is 13.5. The highest BCUT2D eigenvalue weighted by Gasteiger charge is 2.21. The number of carbonyl (C=O) groups excluding carboxylic acids is 1. The number of anilines is 2. The maximum absolute atomic E-state index is 13.5. The van der Waals surface area contributed by atoms with Gasteiger partial charge in [0, 0.05) is 30.5 Å². The lowest BCUT2D eigenvalue weighted by atomic mass is 10.1. The highest BCUT2D eigenvalue weighted by Crippen LogP contribution is 2.26. The number of hydrogen-bond acceptors (Lipinski definition) is 3. The average Bonchev–Trinajstić information content (AvgIpc) is 2.68. The first kappa shape index (κ1) is 19.0. The fraction of sp³-hybridized carbons (Fsp3) is 0.316. The van der Waals surface area contributed by atoms with Crippen molar-refractivity contribution in [1.29, 1.82) is 0 Å². The van der Waals surface area contributed by atoms with Crippen LogP contribution in [0.4, 0.5) is 28.9 Å². The third-order valence-corrected chi connectivity index (χ3v) is 4.29. The minimum Gasteiger partial charge on any atom is -0.477 e. The molecule has 1 aliphatic rings. The van der Waals surface area contributed by atoms with Gasteiger partial charge in [0.15, 0.2) is 24.0 Å². The number of carbonyl (C=O) groups is 1. The number of piperidine rings is 1. The Morgan fingerprint density at radius 2 is 1.56 bits per heavy atom. The summed E-state index contributed by atoms with van der Waals surface area (Å²) in [4.78, 5) is 14.1. The Bertz CT molecular complexity index is 795. The number of benzene rings is 2. The summed E-state index contributed by atoms with van der Waals surface area (Å²) in [5.74, 6) is -8.55. The summed E-state index contributed by atoms with van der Waals surface area (Å²) >= 11 is 0. The Morgan fingerprint density at radius 1 is 0.963 bits per heavy atom. The molecule has 27 heavy (non-hydrogen) atoms. The van der Waals surface area contributed by atoms with Crippen molar-refractivity contribution in [1.82, 2.24) is 0 Å². The van der Waals surface area contributed by atoms with E-state index < -0.39 is 41.5 Å². The van der Waals surface area contributed by atoms with E-state index in [9.17, 15) is 22.4 Å². The van der Waals surface area contributed by atoms with Gasteiger partial charge in [0.2, 0.25) is 11.6 Å². The standard InChI is InChI=1S/C19H18F4N2O2/c20-14-10-15(21)18(23)19(17(14)22)27-11-16(26)24-12-4-6-13(7-5-12)25-8-2-1-3-9-25/h4-7,10H,1-3,8-9,11H2,(H,24,26). The lowest BCUT2D eigenvalue weighted by Gasteiger charge is -2.28. The van der Waals surface area contributed by atoms with Gasteiger partial charge in [-0.1, -0.05) is 0 Å². The van der Waals surface area contributed by atoms with Crippen molar-refractivity contribution in [2.24, 2.45) is 0 Å². The van der Waals surface area contributed by atoms with Gasteiger partial charge in [-0.05, 0) is 43.5 Å². The summed E-state index contributed by atoms with van der Waals surface area (Å²) in [5, 5.41) is 2.50. The van der Waals surface area contributed by atoms with Crippen LogP contribution in [-0.4, -0.2) is 25.6 Å². The zero-order valence-corrected chi connectivity index (χ0v) is 14.4. The largest absolute Gasteiger partial charge is 0.477 e. The topological polar surface area (TPSA) is 41.6 Å². The molecular formula is C19H18F4N2O2. The van der Waals surface area contributed by atoms with Gasteiger partial charge in [-0.15, -0.1) is 0 Å². The number of ether oxygens (including phenoxy) is 1. The van der Waals surface area contributed by atoms with Crippen LogP contribution in [0.5, 0.6) is 5.75 Å². The summed E-state index contributed by atoms with van der Waals surface area (Å²) in [7, 11) is 0. The molecule has 0 aromatic heterocycles. The molecule has 1 amide bonds. The van der Waals surface area contributed by atoms with Crippen molar-refractivity contribution < 1.29 is 27.1 Å². The summed E-state index contributed by atoms with van der Waals surface area (Å²) in [6, 6.07) is 7.20. The smallest absolute Gasteiger partial charge is 0.262 e. The van der Waals surface area contributed by atoms with E-state index in [2.05, 4.69) is 15.0 Å². The second-order valence-electron chi connectivity index (χ2n) is 6.23. The predicted molar refractivity (Wildman–Crippen MR) is 92.9 cm³/mol. The Balaban J connectivity index is 1.58. The fourth-order valence-corrected chi connectivity index (χ4v) is 2.92. The first-order chi connectivity index (χ1) is 13.0. The average molecular weight is 382 g/mol. The van der Waals surface area contributed by atoms with E-state index in [1.165, 1.54) is 6.42 Å². The molecule has 8 heteroatoms. The number of rotatable bonds is 5. The predicted octanol–water partition coefficient (Wildman–Crippen LogP) is 4.25. The lowest BCUT2D eigenvalue weighted by Crippen LogP contribution is -2.29. The molecule has 144 valence electrons. The van der Waals surface area contributed by atoms with E-state index in [4.69, 9.17) is 0 Å². The van der Waals surface area contributed by atoms with Crippen LogP contribution in [-0.2, 0) is 4.79 Å². The Labute approximate surface area is 153 Å². The van der Waals surface area contributed by atoms with E-state index >= 15 is 0 Å². The second-order valence-corrected chi connectivity index (χ2v) is 6.23. The van der Waals surface area contributed by atoms with Crippen molar-refractivity contribution in [3.8, 4) is 5.75 Å². The van der Waals surface area contributed by atoms with E-state index in [0.29, 0.717) is 5.69 Å². The van der Waals surface area contributed by atoms with Crippen molar-refractivity contribution in [3.05, 3.63) is 53.6 Å². The molecule has 0 unspecified atom stereocenters. The van der Waals surface area contributed by atoms with Crippen molar-refractivity contribution in [2.45, 2.75) is 19.3 Å². The third kappa shape index (κ3) is 4.50. The number of nitrogens with zero attached hydrogens (tertiary/aromatic N) is 1. The van der Waals surface area contributed by atoms with E-state index in [1.807, 2.05) is 12.1 Å². The molecule has 0 aliphatic carbocycles. The fourth-order valence-electron chi connectivity index (χ4n) is 2.92.